The van der Waals surface area contributed by atoms with Crippen LogP contribution in [0.4, 0.5) is 5.69 Å². The monoisotopic (exact) mass is 332 g/mol. The molecule has 1 amide bonds. The molecule has 0 unspecified atom stereocenters. The molecular weight excluding hydrogens is 312 g/mol. The molecule has 2 aromatic rings. The van der Waals surface area contributed by atoms with Crippen LogP contribution in [0.2, 0.25) is 0 Å². The van der Waals surface area contributed by atoms with E-state index in [9.17, 15) is 14.9 Å². The molecule has 1 aromatic heterocycles. The van der Waals surface area contributed by atoms with Crippen molar-refractivity contribution in [2.75, 3.05) is 13.2 Å². The minimum Gasteiger partial charge on any atom is -0.492 e. The third-order valence-electron chi connectivity index (χ3n) is 3.51. The molecule has 0 spiro atoms. The van der Waals surface area contributed by atoms with E-state index in [0.29, 0.717) is 12.3 Å². The number of non-ortho nitro benzene ring substituents is 1. The molecule has 1 atom stereocenters. The van der Waals surface area contributed by atoms with Gasteiger partial charge in [-0.1, -0.05) is 0 Å². The van der Waals surface area contributed by atoms with Crippen molar-refractivity contribution < 1.29 is 14.5 Å². The van der Waals surface area contributed by atoms with Gasteiger partial charge in [0.05, 0.1) is 17.2 Å². The number of nitro benzene ring substituents is 1. The summed E-state index contributed by atoms with van der Waals surface area (Å²) in [4.78, 5) is 22.2. The van der Waals surface area contributed by atoms with Gasteiger partial charge in [0.1, 0.15) is 18.4 Å². The average molecular weight is 332 g/mol. The number of ether oxygens (including phenoxy) is 1. The number of aromatic nitrogens is 2. The molecule has 1 heterocycles. The highest BCUT2D eigenvalue weighted by Crippen LogP contribution is 2.17. The number of amides is 1. The Morgan fingerprint density at radius 1 is 1.38 bits per heavy atom. The lowest BCUT2D eigenvalue weighted by molar-refractivity contribution is -0.384. The van der Waals surface area contributed by atoms with Gasteiger partial charge in [0.2, 0.25) is 5.91 Å². The average Bonchev–Trinajstić information content (AvgIpc) is 2.89. The normalized spacial score (nSPS) is 11.8. The van der Waals surface area contributed by atoms with E-state index in [1.165, 1.54) is 24.3 Å². The van der Waals surface area contributed by atoms with Gasteiger partial charge in [-0.15, -0.1) is 0 Å². The number of benzene rings is 1. The molecule has 8 heteroatoms. The van der Waals surface area contributed by atoms with Gasteiger partial charge < -0.3 is 10.1 Å². The number of carbonyl (C=O) groups is 1. The highest BCUT2D eigenvalue weighted by atomic mass is 16.6. The molecule has 0 bridgehead atoms. The highest BCUT2D eigenvalue weighted by Gasteiger charge is 2.17. The van der Waals surface area contributed by atoms with Crippen molar-refractivity contribution in [1.29, 1.82) is 0 Å². The molecular formula is C16H20N4O4. The summed E-state index contributed by atoms with van der Waals surface area (Å²) in [5.74, 6) is 0.370. The Hall–Kier alpha value is -2.90. The Balaban J connectivity index is 1.78. The summed E-state index contributed by atoms with van der Waals surface area (Å²) in [7, 11) is 0. The SMILES string of the molecule is Cc1cc(C)n([C@H](C)C(=O)NCCOc2ccc([N+](=O)[O-])cc2)n1. The maximum atomic E-state index is 12.1. The van der Waals surface area contributed by atoms with E-state index in [4.69, 9.17) is 4.74 Å². The summed E-state index contributed by atoms with van der Waals surface area (Å²) in [6.45, 7) is 6.17. The number of nitrogens with zero attached hydrogens (tertiary/aromatic N) is 3. The van der Waals surface area contributed by atoms with Crippen LogP contribution in [0.1, 0.15) is 24.4 Å². The molecule has 0 radical (unpaired) electrons. The van der Waals surface area contributed by atoms with E-state index in [1.807, 2.05) is 19.9 Å². The molecule has 0 fully saturated rings. The molecule has 128 valence electrons. The van der Waals surface area contributed by atoms with Crippen molar-refractivity contribution in [3.05, 3.63) is 51.8 Å². The minimum absolute atomic E-state index is 0.00867. The van der Waals surface area contributed by atoms with Crippen LogP contribution in [0.3, 0.4) is 0 Å². The van der Waals surface area contributed by atoms with Gasteiger partial charge in [0.25, 0.3) is 5.69 Å². The van der Waals surface area contributed by atoms with Crippen molar-refractivity contribution in [2.45, 2.75) is 26.8 Å². The quantitative estimate of drug-likeness (QED) is 0.476. The zero-order valence-corrected chi connectivity index (χ0v) is 13.9. The lowest BCUT2D eigenvalue weighted by atomic mass is 10.3. The van der Waals surface area contributed by atoms with Crippen LogP contribution < -0.4 is 10.1 Å². The van der Waals surface area contributed by atoms with Crippen molar-refractivity contribution in [2.24, 2.45) is 0 Å². The molecule has 0 aliphatic carbocycles. The van der Waals surface area contributed by atoms with Crippen molar-refractivity contribution in [1.82, 2.24) is 15.1 Å². The first-order chi connectivity index (χ1) is 11.4. The van der Waals surface area contributed by atoms with E-state index in [2.05, 4.69) is 10.4 Å². The Morgan fingerprint density at radius 2 is 2.04 bits per heavy atom. The second-order valence-corrected chi connectivity index (χ2v) is 5.44. The Kier molecular flexibility index (Phi) is 5.51. The van der Waals surface area contributed by atoms with Crippen LogP contribution in [-0.4, -0.2) is 33.8 Å². The van der Waals surface area contributed by atoms with E-state index >= 15 is 0 Å². The van der Waals surface area contributed by atoms with Gasteiger partial charge in [-0.2, -0.15) is 5.10 Å². The van der Waals surface area contributed by atoms with Crippen LogP contribution >= 0.6 is 0 Å². The smallest absolute Gasteiger partial charge is 0.269 e. The molecule has 0 aliphatic heterocycles. The lowest BCUT2D eigenvalue weighted by Gasteiger charge is -2.14. The Morgan fingerprint density at radius 3 is 2.58 bits per heavy atom. The molecule has 24 heavy (non-hydrogen) atoms. The van der Waals surface area contributed by atoms with E-state index in [1.54, 1.807) is 11.6 Å². The number of carbonyl (C=O) groups excluding carboxylic acids is 1. The van der Waals surface area contributed by atoms with Gasteiger partial charge in [-0.05, 0) is 39.0 Å². The van der Waals surface area contributed by atoms with Gasteiger partial charge in [0.15, 0.2) is 0 Å². The number of rotatable bonds is 7. The fourth-order valence-electron chi connectivity index (χ4n) is 2.30. The van der Waals surface area contributed by atoms with Crippen molar-refractivity contribution in [3.8, 4) is 5.75 Å². The number of nitrogens with one attached hydrogen (secondary N) is 1. The standard InChI is InChI=1S/C16H20N4O4/c1-11-10-12(2)19(18-11)13(3)16(21)17-8-9-24-15-6-4-14(5-7-15)20(22)23/h4-7,10,13H,8-9H2,1-3H3,(H,17,21)/t13-/m1/s1. The summed E-state index contributed by atoms with van der Waals surface area (Å²) >= 11 is 0. The zero-order valence-electron chi connectivity index (χ0n) is 13.9. The first-order valence-corrected chi connectivity index (χ1v) is 7.56. The van der Waals surface area contributed by atoms with Gasteiger partial charge in [-0.3, -0.25) is 19.6 Å². The fourth-order valence-corrected chi connectivity index (χ4v) is 2.30. The maximum absolute atomic E-state index is 12.1. The Bertz CT molecular complexity index is 724. The third-order valence-corrected chi connectivity index (χ3v) is 3.51. The van der Waals surface area contributed by atoms with Crippen LogP contribution in [-0.2, 0) is 4.79 Å². The zero-order chi connectivity index (χ0) is 17.7. The fraction of sp³-hybridized carbons (Fsp3) is 0.375. The summed E-state index contributed by atoms with van der Waals surface area (Å²) in [6, 6.07) is 7.31. The molecule has 0 saturated carbocycles. The summed E-state index contributed by atoms with van der Waals surface area (Å²) in [5.41, 5.74) is 1.81. The van der Waals surface area contributed by atoms with Gasteiger partial charge in [0, 0.05) is 17.8 Å². The number of aryl methyl sites for hydroxylation is 2. The molecule has 1 N–H and O–H groups in total. The van der Waals surface area contributed by atoms with Gasteiger partial charge in [-0.25, -0.2) is 0 Å². The lowest BCUT2D eigenvalue weighted by Crippen LogP contribution is -2.34. The number of hydrogen-bond acceptors (Lipinski definition) is 5. The summed E-state index contributed by atoms with van der Waals surface area (Å²) in [5, 5.41) is 17.6. The largest absolute Gasteiger partial charge is 0.492 e. The predicted molar refractivity (Wildman–Crippen MR) is 88.0 cm³/mol. The van der Waals surface area contributed by atoms with Gasteiger partial charge >= 0.3 is 0 Å². The van der Waals surface area contributed by atoms with Crippen molar-refractivity contribution in [3.63, 3.8) is 0 Å². The predicted octanol–water partition coefficient (Wildman–Crippen LogP) is 2.16. The second-order valence-electron chi connectivity index (χ2n) is 5.44. The third kappa shape index (κ3) is 4.31. The van der Waals surface area contributed by atoms with E-state index < -0.39 is 11.0 Å². The minimum atomic E-state index is -0.468. The first-order valence-electron chi connectivity index (χ1n) is 7.56. The summed E-state index contributed by atoms with van der Waals surface area (Å²) < 4.78 is 7.13. The van der Waals surface area contributed by atoms with Crippen LogP contribution in [0.5, 0.6) is 5.75 Å². The highest BCUT2D eigenvalue weighted by molar-refractivity contribution is 5.79. The number of nitro groups is 1. The first kappa shape index (κ1) is 17.5. The molecule has 0 saturated heterocycles. The van der Waals surface area contributed by atoms with E-state index in [0.717, 1.165) is 11.4 Å². The maximum Gasteiger partial charge on any atom is 0.269 e. The van der Waals surface area contributed by atoms with Crippen LogP contribution in [0, 0.1) is 24.0 Å². The van der Waals surface area contributed by atoms with Crippen LogP contribution in [0.15, 0.2) is 30.3 Å². The molecule has 2 rings (SSSR count). The topological polar surface area (TPSA) is 99.3 Å². The Labute approximate surface area is 139 Å². The summed E-state index contributed by atoms with van der Waals surface area (Å²) in [6.07, 6.45) is 0. The van der Waals surface area contributed by atoms with E-state index in [-0.39, 0.29) is 18.2 Å². The second kappa shape index (κ2) is 7.58. The molecule has 8 nitrogen and oxygen atoms in total. The van der Waals surface area contributed by atoms with Crippen molar-refractivity contribution >= 4 is 11.6 Å². The molecule has 0 aliphatic rings. The number of hydrogen-bond donors (Lipinski definition) is 1. The molecule has 1 aromatic carbocycles. The van der Waals surface area contributed by atoms with Crippen LogP contribution in [0.25, 0.3) is 0 Å².